The topological polar surface area (TPSA) is 74.3 Å². The van der Waals surface area contributed by atoms with Gasteiger partial charge in [0.1, 0.15) is 19.0 Å². The molecule has 0 bridgehead atoms. The minimum atomic E-state index is -0.626. The number of carbonyl (C=O) groups excluding carboxylic acids is 2. The van der Waals surface area contributed by atoms with E-state index in [0.717, 1.165) is 11.1 Å². The van der Waals surface area contributed by atoms with Gasteiger partial charge in [-0.2, -0.15) is 0 Å². The highest BCUT2D eigenvalue weighted by atomic mass is 35.5. The van der Waals surface area contributed by atoms with Crippen LogP contribution in [0.1, 0.15) is 11.1 Å². The molecular weight excluding hydrogens is 398 g/mol. The molecule has 0 fully saturated rings. The van der Waals surface area contributed by atoms with E-state index >= 15 is 0 Å². The van der Waals surface area contributed by atoms with Crippen molar-refractivity contribution in [1.82, 2.24) is 4.90 Å². The SMILES string of the molecule is Cc1cc(OCC(=O)OCC(=O)N(C)Cc2ccc3c(c2)OCCO3)ccc1Cl. The van der Waals surface area contributed by atoms with E-state index < -0.39 is 5.97 Å². The Balaban J connectivity index is 1.43. The van der Waals surface area contributed by atoms with Crippen LogP contribution in [0.5, 0.6) is 17.2 Å². The Labute approximate surface area is 174 Å². The molecule has 0 radical (unpaired) electrons. The van der Waals surface area contributed by atoms with Gasteiger partial charge in [0.25, 0.3) is 5.91 Å². The Morgan fingerprint density at radius 2 is 1.83 bits per heavy atom. The van der Waals surface area contributed by atoms with Crippen LogP contribution in [0.4, 0.5) is 0 Å². The number of hydrogen-bond acceptors (Lipinski definition) is 6. The first-order valence-corrected chi connectivity index (χ1v) is 9.47. The van der Waals surface area contributed by atoms with Gasteiger partial charge < -0.3 is 23.8 Å². The smallest absolute Gasteiger partial charge is 0.344 e. The van der Waals surface area contributed by atoms with Crippen molar-refractivity contribution in [3.8, 4) is 17.2 Å². The van der Waals surface area contributed by atoms with Crippen molar-refractivity contribution in [2.45, 2.75) is 13.5 Å². The average molecular weight is 420 g/mol. The number of aryl methyl sites for hydroxylation is 1. The Bertz CT molecular complexity index is 901. The summed E-state index contributed by atoms with van der Waals surface area (Å²) in [5.41, 5.74) is 1.73. The normalized spacial score (nSPS) is 12.2. The van der Waals surface area contributed by atoms with Crippen molar-refractivity contribution in [2.75, 3.05) is 33.5 Å². The van der Waals surface area contributed by atoms with Gasteiger partial charge in [0.15, 0.2) is 24.7 Å². The molecule has 0 atom stereocenters. The van der Waals surface area contributed by atoms with Gasteiger partial charge in [-0.3, -0.25) is 4.79 Å². The molecule has 0 aliphatic carbocycles. The number of hydrogen-bond donors (Lipinski definition) is 0. The van der Waals surface area contributed by atoms with Crippen LogP contribution in [-0.2, 0) is 20.9 Å². The largest absolute Gasteiger partial charge is 0.486 e. The van der Waals surface area contributed by atoms with Crippen LogP contribution in [0, 0.1) is 6.92 Å². The second kappa shape index (κ2) is 9.52. The maximum absolute atomic E-state index is 12.2. The molecule has 1 heterocycles. The Morgan fingerprint density at radius 1 is 1.07 bits per heavy atom. The standard InChI is InChI=1S/C21H22ClNO6/c1-14-9-16(4-5-17(14)22)28-13-21(25)29-12-20(24)23(2)11-15-3-6-18-19(10-15)27-8-7-26-18/h3-6,9-10H,7-8,11-13H2,1-2H3. The van der Waals surface area contributed by atoms with E-state index in [-0.39, 0.29) is 19.1 Å². The van der Waals surface area contributed by atoms with Crippen LogP contribution >= 0.6 is 11.6 Å². The highest BCUT2D eigenvalue weighted by Gasteiger charge is 2.16. The van der Waals surface area contributed by atoms with Crippen molar-refractivity contribution >= 4 is 23.5 Å². The summed E-state index contributed by atoms with van der Waals surface area (Å²) in [6.45, 7) is 2.57. The maximum Gasteiger partial charge on any atom is 0.344 e. The summed E-state index contributed by atoms with van der Waals surface area (Å²) in [6.07, 6.45) is 0. The van der Waals surface area contributed by atoms with Gasteiger partial charge in [0.2, 0.25) is 0 Å². The number of fused-ring (bicyclic) bond motifs is 1. The van der Waals surface area contributed by atoms with Crippen molar-refractivity contribution in [2.24, 2.45) is 0 Å². The molecule has 0 saturated carbocycles. The van der Waals surface area contributed by atoms with Crippen molar-refractivity contribution in [3.63, 3.8) is 0 Å². The van der Waals surface area contributed by atoms with E-state index in [1.54, 1.807) is 25.2 Å². The van der Waals surface area contributed by atoms with Crippen LogP contribution < -0.4 is 14.2 Å². The van der Waals surface area contributed by atoms with Crippen molar-refractivity contribution in [3.05, 3.63) is 52.5 Å². The molecule has 3 rings (SSSR count). The third kappa shape index (κ3) is 5.77. The molecule has 154 valence electrons. The fraction of sp³-hybridized carbons (Fsp3) is 0.333. The molecule has 2 aromatic rings. The van der Waals surface area contributed by atoms with Gasteiger partial charge >= 0.3 is 5.97 Å². The third-order valence-corrected chi connectivity index (χ3v) is 4.72. The van der Waals surface area contributed by atoms with Crippen LogP contribution in [0.2, 0.25) is 5.02 Å². The first-order chi connectivity index (χ1) is 13.9. The predicted octanol–water partition coefficient (Wildman–Crippen LogP) is 3.00. The molecule has 0 unspecified atom stereocenters. The number of nitrogens with zero attached hydrogens (tertiary/aromatic N) is 1. The second-order valence-electron chi connectivity index (χ2n) is 6.59. The van der Waals surface area contributed by atoms with E-state index in [1.807, 2.05) is 25.1 Å². The summed E-state index contributed by atoms with van der Waals surface area (Å²) in [4.78, 5) is 25.5. The minimum Gasteiger partial charge on any atom is -0.486 e. The quantitative estimate of drug-likeness (QED) is 0.642. The Morgan fingerprint density at radius 3 is 2.59 bits per heavy atom. The van der Waals surface area contributed by atoms with E-state index in [0.29, 0.717) is 42.0 Å². The van der Waals surface area contributed by atoms with Gasteiger partial charge in [-0.1, -0.05) is 17.7 Å². The van der Waals surface area contributed by atoms with E-state index in [1.165, 1.54) is 4.90 Å². The van der Waals surface area contributed by atoms with Crippen molar-refractivity contribution < 1.29 is 28.5 Å². The molecule has 0 spiro atoms. The lowest BCUT2D eigenvalue weighted by Gasteiger charge is -2.21. The molecule has 0 saturated heterocycles. The number of ether oxygens (including phenoxy) is 4. The molecule has 1 aliphatic heterocycles. The van der Waals surface area contributed by atoms with Crippen molar-refractivity contribution in [1.29, 1.82) is 0 Å². The van der Waals surface area contributed by atoms with E-state index in [4.69, 9.17) is 30.5 Å². The lowest BCUT2D eigenvalue weighted by Crippen LogP contribution is -2.31. The zero-order valence-corrected chi connectivity index (χ0v) is 17.0. The molecule has 1 aliphatic rings. The second-order valence-corrected chi connectivity index (χ2v) is 7.00. The zero-order valence-electron chi connectivity index (χ0n) is 16.3. The molecule has 7 nitrogen and oxygen atoms in total. The molecule has 8 heteroatoms. The fourth-order valence-electron chi connectivity index (χ4n) is 2.69. The lowest BCUT2D eigenvalue weighted by molar-refractivity contribution is -0.153. The summed E-state index contributed by atoms with van der Waals surface area (Å²) in [7, 11) is 1.64. The molecule has 29 heavy (non-hydrogen) atoms. The highest BCUT2D eigenvalue weighted by molar-refractivity contribution is 6.31. The van der Waals surface area contributed by atoms with Crippen LogP contribution in [-0.4, -0.2) is 50.3 Å². The predicted molar refractivity (Wildman–Crippen MR) is 107 cm³/mol. The maximum atomic E-state index is 12.2. The number of carbonyl (C=O) groups is 2. The number of likely N-dealkylation sites (N-methyl/N-ethyl adjacent to an activating group) is 1. The first kappa shape index (κ1) is 20.8. The van der Waals surface area contributed by atoms with E-state index in [2.05, 4.69) is 0 Å². The molecule has 2 aromatic carbocycles. The molecule has 0 N–H and O–H groups in total. The first-order valence-electron chi connectivity index (χ1n) is 9.09. The molecule has 1 amide bonds. The zero-order chi connectivity index (χ0) is 20.8. The van der Waals surface area contributed by atoms with Crippen LogP contribution in [0.15, 0.2) is 36.4 Å². The average Bonchev–Trinajstić information content (AvgIpc) is 2.72. The lowest BCUT2D eigenvalue weighted by atomic mass is 10.2. The Kier molecular flexibility index (Phi) is 6.82. The van der Waals surface area contributed by atoms with Gasteiger partial charge in [-0.25, -0.2) is 4.79 Å². The number of amides is 1. The van der Waals surface area contributed by atoms with Gasteiger partial charge in [0, 0.05) is 18.6 Å². The number of benzene rings is 2. The third-order valence-electron chi connectivity index (χ3n) is 4.29. The highest BCUT2D eigenvalue weighted by Crippen LogP contribution is 2.31. The van der Waals surface area contributed by atoms with Gasteiger partial charge in [-0.15, -0.1) is 0 Å². The monoisotopic (exact) mass is 419 g/mol. The summed E-state index contributed by atoms with van der Waals surface area (Å²) in [5, 5.41) is 0.617. The number of rotatable bonds is 7. The van der Waals surface area contributed by atoms with E-state index in [9.17, 15) is 9.59 Å². The van der Waals surface area contributed by atoms with Crippen LogP contribution in [0.25, 0.3) is 0 Å². The van der Waals surface area contributed by atoms with Gasteiger partial charge in [0.05, 0.1) is 0 Å². The Hall–Kier alpha value is -2.93. The fourth-order valence-corrected chi connectivity index (χ4v) is 2.81. The summed E-state index contributed by atoms with van der Waals surface area (Å²) in [5.74, 6) is 0.912. The summed E-state index contributed by atoms with van der Waals surface area (Å²) in [6, 6.07) is 10.6. The number of halogens is 1. The molecule has 0 aromatic heterocycles. The minimum absolute atomic E-state index is 0.291. The number of esters is 1. The van der Waals surface area contributed by atoms with Gasteiger partial charge in [-0.05, 0) is 48.4 Å². The summed E-state index contributed by atoms with van der Waals surface area (Å²) >= 11 is 5.95. The van der Waals surface area contributed by atoms with Crippen LogP contribution in [0.3, 0.4) is 0 Å². The summed E-state index contributed by atoms with van der Waals surface area (Å²) < 4.78 is 21.4. The molecular formula is C21H22ClNO6.